The van der Waals surface area contributed by atoms with Gasteiger partial charge < -0.3 is 15.1 Å². The van der Waals surface area contributed by atoms with Crippen molar-refractivity contribution < 1.29 is 18.2 Å². The lowest BCUT2D eigenvalue weighted by Crippen LogP contribution is -2.47. The van der Waals surface area contributed by atoms with Gasteiger partial charge in [0, 0.05) is 29.9 Å². The van der Waals surface area contributed by atoms with Crippen molar-refractivity contribution in [3.05, 3.63) is 57.9 Å². The fourth-order valence-corrected chi connectivity index (χ4v) is 5.18. The van der Waals surface area contributed by atoms with Crippen LogP contribution in [0.25, 0.3) is 11.1 Å². The maximum Gasteiger partial charge on any atom is 0.288 e. The van der Waals surface area contributed by atoms with E-state index in [9.17, 15) is 13.8 Å². The summed E-state index contributed by atoms with van der Waals surface area (Å²) < 4.78 is 21.0. The molecule has 2 heterocycles. The minimum atomic E-state index is -1.45. The number of nitrogens with zero attached hydrogens (tertiary/aromatic N) is 1. The summed E-state index contributed by atoms with van der Waals surface area (Å²) in [5.41, 5.74) is 1.79. The maximum atomic E-state index is 12.9. The molecular formula is C25H30Cl2N4O4S. The van der Waals surface area contributed by atoms with Gasteiger partial charge in [-0.3, -0.25) is 14.6 Å². The predicted molar refractivity (Wildman–Crippen MR) is 143 cm³/mol. The van der Waals surface area contributed by atoms with Crippen LogP contribution in [0.3, 0.4) is 0 Å². The van der Waals surface area contributed by atoms with Crippen LogP contribution in [0, 0.1) is 12.8 Å². The van der Waals surface area contributed by atoms with Crippen LogP contribution in [0.15, 0.2) is 45.8 Å². The quantitative estimate of drug-likeness (QED) is 0.279. The van der Waals surface area contributed by atoms with E-state index in [0.29, 0.717) is 64.0 Å². The molecule has 2 atom stereocenters. The van der Waals surface area contributed by atoms with Crippen molar-refractivity contribution in [2.75, 3.05) is 13.1 Å². The number of carbonyl (C=O) groups is 2. The number of pyridine rings is 1. The van der Waals surface area contributed by atoms with E-state index in [1.54, 1.807) is 43.5 Å². The maximum absolute atomic E-state index is 12.9. The molecule has 3 rings (SSSR count). The largest absolute Gasteiger partial charge is 0.449 e. The summed E-state index contributed by atoms with van der Waals surface area (Å²) in [5.74, 6) is -0.351. The van der Waals surface area contributed by atoms with E-state index < -0.39 is 22.9 Å². The second kappa shape index (κ2) is 13.2. The van der Waals surface area contributed by atoms with Crippen LogP contribution >= 0.6 is 23.2 Å². The van der Waals surface area contributed by atoms with Crippen molar-refractivity contribution in [3.8, 4) is 0 Å². The molecule has 3 aromatic rings. The molecule has 0 saturated carbocycles. The molecule has 0 fully saturated rings. The molecule has 194 valence electrons. The Kier molecular flexibility index (Phi) is 10.3. The van der Waals surface area contributed by atoms with E-state index in [4.69, 9.17) is 27.6 Å². The fraction of sp³-hybridized carbons (Fsp3) is 0.400. The lowest BCUT2D eigenvalue weighted by molar-refractivity contribution is -0.123. The van der Waals surface area contributed by atoms with Crippen molar-refractivity contribution in [2.45, 2.75) is 51.0 Å². The molecule has 0 saturated heterocycles. The summed E-state index contributed by atoms with van der Waals surface area (Å²) >= 11 is 12.0. The summed E-state index contributed by atoms with van der Waals surface area (Å²) in [6.07, 6.45) is 3.48. The number of aromatic nitrogens is 1. The zero-order chi connectivity index (χ0) is 26.2. The highest BCUT2D eigenvalue weighted by Crippen LogP contribution is 2.24. The number of amides is 2. The molecule has 0 spiro atoms. The van der Waals surface area contributed by atoms with Gasteiger partial charge in [-0.2, -0.15) is 0 Å². The highest BCUT2D eigenvalue weighted by Gasteiger charge is 2.25. The van der Waals surface area contributed by atoms with Gasteiger partial charge in [-0.15, -0.1) is 0 Å². The Hall–Kier alpha value is -2.46. The summed E-state index contributed by atoms with van der Waals surface area (Å²) in [4.78, 5) is 30.5. The molecule has 1 unspecified atom stereocenters. The number of unbranched alkanes of at least 4 members (excludes halogenated alkanes) is 1. The van der Waals surface area contributed by atoms with Crippen LogP contribution in [-0.4, -0.2) is 40.1 Å². The number of fused-ring (bicyclic) bond motifs is 1. The zero-order valence-corrected chi connectivity index (χ0v) is 22.7. The van der Waals surface area contributed by atoms with E-state index in [1.807, 2.05) is 13.8 Å². The van der Waals surface area contributed by atoms with Gasteiger partial charge >= 0.3 is 0 Å². The number of benzene rings is 1. The first-order valence-corrected chi connectivity index (χ1v) is 13.6. The minimum Gasteiger partial charge on any atom is -0.449 e. The van der Waals surface area contributed by atoms with E-state index in [0.717, 1.165) is 0 Å². The standard InChI is InChI=1S/C25H30Cl2N4O4S/c1-15(2)13-19(31-25(33)23-16(3)22-20(35-23)7-6-11-28-22)24(32)29-10-4-5-12-30-36(34)21-9-8-17(26)14-18(21)27/h6-9,11,14-15,19,30H,4-5,10,12-13H2,1-3H3,(H,29,32)(H,31,33)/t19-,36?/m0/s1. The van der Waals surface area contributed by atoms with Crippen LogP contribution in [-0.2, 0) is 15.8 Å². The molecule has 2 aromatic heterocycles. The van der Waals surface area contributed by atoms with Crippen molar-refractivity contribution >= 4 is 57.1 Å². The molecule has 0 aliphatic rings. The summed E-state index contributed by atoms with van der Waals surface area (Å²) in [7, 11) is -1.45. The number of furan rings is 1. The molecule has 3 N–H and O–H groups in total. The van der Waals surface area contributed by atoms with Gasteiger partial charge in [-0.1, -0.05) is 37.0 Å². The van der Waals surface area contributed by atoms with E-state index >= 15 is 0 Å². The third-order valence-corrected chi connectivity index (χ3v) is 7.32. The molecular weight excluding hydrogens is 523 g/mol. The third kappa shape index (κ3) is 7.52. The summed E-state index contributed by atoms with van der Waals surface area (Å²) in [5, 5.41) is 6.52. The topological polar surface area (TPSA) is 113 Å². The number of nitrogens with one attached hydrogen (secondary N) is 3. The van der Waals surface area contributed by atoms with Crippen LogP contribution in [0.2, 0.25) is 10.0 Å². The Labute approximate surface area is 223 Å². The zero-order valence-electron chi connectivity index (χ0n) is 20.4. The van der Waals surface area contributed by atoms with Crippen LogP contribution in [0.4, 0.5) is 0 Å². The fourth-order valence-electron chi connectivity index (χ4n) is 3.64. The minimum absolute atomic E-state index is 0.158. The van der Waals surface area contributed by atoms with Gasteiger partial charge in [0.15, 0.2) is 11.3 Å². The van der Waals surface area contributed by atoms with E-state index in [2.05, 4.69) is 20.3 Å². The Morgan fingerprint density at radius 1 is 1.14 bits per heavy atom. The second-order valence-electron chi connectivity index (χ2n) is 8.80. The molecule has 0 radical (unpaired) electrons. The average Bonchev–Trinajstić information content (AvgIpc) is 3.17. The normalized spacial score (nSPS) is 13.1. The van der Waals surface area contributed by atoms with Gasteiger partial charge in [-0.25, -0.2) is 8.93 Å². The van der Waals surface area contributed by atoms with Crippen molar-refractivity contribution in [3.63, 3.8) is 0 Å². The number of carbonyl (C=O) groups excluding carboxylic acids is 2. The first-order chi connectivity index (χ1) is 17.2. The van der Waals surface area contributed by atoms with Gasteiger partial charge in [-0.05, 0) is 62.4 Å². The molecule has 8 nitrogen and oxygen atoms in total. The van der Waals surface area contributed by atoms with Gasteiger partial charge in [0.05, 0.1) is 9.92 Å². The Morgan fingerprint density at radius 2 is 1.89 bits per heavy atom. The second-order valence-corrected chi connectivity index (χ2v) is 10.9. The lowest BCUT2D eigenvalue weighted by atomic mass is 10.0. The first-order valence-electron chi connectivity index (χ1n) is 11.7. The molecule has 2 amide bonds. The number of aryl methyl sites for hydroxylation is 1. The molecule has 0 aliphatic heterocycles. The van der Waals surface area contributed by atoms with Gasteiger partial charge in [0.2, 0.25) is 5.91 Å². The molecule has 36 heavy (non-hydrogen) atoms. The number of rotatable bonds is 12. The predicted octanol–water partition coefficient (Wildman–Crippen LogP) is 4.80. The monoisotopic (exact) mass is 552 g/mol. The van der Waals surface area contributed by atoms with Crippen LogP contribution in [0.5, 0.6) is 0 Å². The van der Waals surface area contributed by atoms with Crippen molar-refractivity contribution in [1.82, 2.24) is 20.3 Å². The van der Waals surface area contributed by atoms with Gasteiger partial charge in [0.1, 0.15) is 22.5 Å². The lowest BCUT2D eigenvalue weighted by Gasteiger charge is -2.20. The molecule has 1 aromatic carbocycles. The van der Waals surface area contributed by atoms with Gasteiger partial charge in [0.25, 0.3) is 5.91 Å². The number of hydrogen-bond acceptors (Lipinski definition) is 5. The first kappa shape index (κ1) is 28.1. The SMILES string of the molecule is Cc1c(C(=O)N[C@@H](CC(C)C)C(=O)NCCCCNS(=O)c2ccc(Cl)cc2Cl)oc2cccnc12. The number of halogens is 2. The van der Waals surface area contributed by atoms with Crippen molar-refractivity contribution in [2.24, 2.45) is 5.92 Å². The Morgan fingerprint density at radius 3 is 2.58 bits per heavy atom. The van der Waals surface area contributed by atoms with Crippen molar-refractivity contribution in [1.29, 1.82) is 0 Å². The molecule has 0 aliphatic carbocycles. The Bertz CT molecular complexity index is 1250. The number of hydrogen-bond donors (Lipinski definition) is 3. The third-order valence-electron chi connectivity index (χ3n) is 5.44. The van der Waals surface area contributed by atoms with Crippen LogP contribution < -0.4 is 15.4 Å². The summed E-state index contributed by atoms with van der Waals surface area (Å²) in [6, 6.07) is 7.60. The smallest absolute Gasteiger partial charge is 0.288 e. The highest BCUT2D eigenvalue weighted by molar-refractivity contribution is 7.83. The molecule has 11 heteroatoms. The van der Waals surface area contributed by atoms with Crippen LogP contribution in [0.1, 0.15) is 49.2 Å². The Balaban J connectivity index is 1.47. The average molecular weight is 554 g/mol. The van der Waals surface area contributed by atoms with E-state index in [-0.39, 0.29) is 17.6 Å². The molecule has 0 bridgehead atoms. The van der Waals surface area contributed by atoms with E-state index in [1.165, 1.54) is 0 Å². The summed E-state index contributed by atoms with van der Waals surface area (Å²) in [6.45, 7) is 6.65. The highest BCUT2D eigenvalue weighted by atomic mass is 35.5.